The average Bonchev–Trinajstić information content (AvgIpc) is 2.26. The molecule has 1 fully saturated rings. The molecule has 0 spiro atoms. The SMILES string of the molecule is O=C(O)NCC1CC(F)(F)CN1. The first-order chi connectivity index (χ1) is 5.49. The van der Waals surface area contributed by atoms with Crippen molar-refractivity contribution in [3.8, 4) is 0 Å². The standard InChI is InChI=1S/C6H10F2N2O2/c7-6(8)1-4(10-3-6)2-9-5(11)12/h4,9-10H,1-3H2,(H,11,12). The molecule has 1 unspecified atom stereocenters. The maximum absolute atomic E-state index is 12.5. The second-order valence-corrected chi connectivity index (χ2v) is 2.82. The second-order valence-electron chi connectivity index (χ2n) is 2.82. The van der Waals surface area contributed by atoms with Crippen molar-refractivity contribution in [3.05, 3.63) is 0 Å². The van der Waals surface area contributed by atoms with E-state index in [1.807, 2.05) is 5.32 Å². The van der Waals surface area contributed by atoms with Crippen molar-refractivity contribution in [2.75, 3.05) is 13.1 Å². The van der Waals surface area contributed by atoms with Crippen LogP contribution in [-0.2, 0) is 0 Å². The van der Waals surface area contributed by atoms with Crippen LogP contribution in [0.5, 0.6) is 0 Å². The lowest BCUT2D eigenvalue weighted by Crippen LogP contribution is -2.36. The van der Waals surface area contributed by atoms with E-state index in [0.29, 0.717) is 0 Å². The van der Waals surface area contributed by atoms with E-state index in [9.17, 15) is 13.6 Å². The molecule has 1 heterocycles. The monoisotopic (exact) mass is 180 g/mol. The van der Waals surface area contributed by atoms with E-state index in [-0.39, 0.29) is 19.5 Å². The Morgan fingerprint density at radius 2 is 2.42 bits per heavy atom. The fourth-order valence-electron chi connectivity index (χ4n) is 1.15. The van der Waals surface area contributed by atoms with Gasteiger partial charge in [-0.25, -0.2) is 13.6 Å². The Balaban J connectivity index is 2.24. The van der Waals surface area contributed by atoms with E-state index < -0.39 is 18.1 Å². The highest BCUT2D eigenvalue weighted by atomic mass is 19.3. The molecule has 0 aromatic rings. The molecule has 70 valence electrons. The predicted octanol–water partition coefficient (Wildman–Crippen LogP) is 0.251. The molecule has 1 saturated heterocycles. The van der Waals surface area contributed by atoms with Gasteiger partial charge in [0.05, 0.1) is 6.54 Å². The van der Waals surface area contributed by atoms with Gasteiger partial charge in [-0.3, -0.25) is 0 Å². The molecule has 1 amide bonds. The van der Waals surface area contributed by atoms with Crippen LogP contribution < -0.4 is 10.6 Å². The van der Waals surface area contributed by atoms with Crippen LogP contribution in [0.1, 0.15) is 6.42 Å². The predicted molar refractivity (Wildman–Crippen MR) is 37.4 cm³/mol. The van der Waals surface area contributed by atoms with Crippen LogP contribution in [0.2, 0.25) is 0 Å². The number of amides is 1. The summed E-state index contributed by atoms with van der Waals surface area (Å²) in [4.78, 5) is 9.99. The number of alkyl halides is 2. The minimum absolute atomic E-state index is 0.0327. The highest BCUT2D eigenvalue weighted by molar-refractivity contribution is 5.64. The van der Waals surface area contributed by atoms with Crippen LogP contribution in [0, 0.1) is 0 Å². The number of nitrogens with one attached hydrogen (secondary N) is 2. The molecule has 1 atom stereocenters. The molecule has 1 aliphatic heterocycles. The summed E-state index contributed by atoms with van der Waals surface area (Å²) in [5, 5.41) is 12.7. The summed E-state index contributed by atoms with van der Waals surface area (Å²) in [7, 11) is 0. The van der Waals surface area contributed by atoms with Crippen LogP contribution in [0.4, 0.5) is 13.6 Å². The van der Waals surface area contributed by atoms with Gasteiger partial charge in [0, 0.05) is 19.0 Å². The Morgan fingerprint density at radius 1 is 1.75 bits per heavy atom. The first-order valence-electron chi connectivity index (χ1n) is 3.58. The van der Waals surface area contributed by atoms with E-state index in [4.69, 9.17) is 5.11 Å². The van der Waals surface area contributed by atoms with E-state index in [1.54, 1.807) is 0 Å². The smallest absolute Gasteiger partial charge is 0.404 e. The number of halogens is 2. The van der Waals surface area contributed by atoms with Gasteiger partial charge in [-0.1, -0.05) is 0 Å². The van der Waals surface area contributed by atoms with Gasteiger partial charge in [0.25, 0.3) is 5.92 Å². The molecular weight excluding hydrogens is 170 g/mol. The van der Waals surface area contributed by atoms with E-state index in [2.05, 4.69) is 5.32 Å². The Bertz CT molecular complexity index is 186. The molecular formula is C6H10F2N2O2. The van der Waals surface area contributed by atoms with Gasteiger partial charge in [-0.15, -0.1) is 0 Å². The second kappa shape index (κ2) is 3.22. The largest absolute Gasteiger partial charge is 0.465 e. The third-order valence-corrected chi connectivity index (χ3v) is 1.69. The topological polar surface area (TPSA) is 61.4 Å². The summed E-state index contributed by atoms with van der Waals surface area (Å²) >= 11 is 0. The third-order valence-electron chi connectivity index (χ3n) is 1.69. The van der Waals surface area contributed by atoms with Gasteiger partial charge >= 0.3 is 6.09 Å². The number of hydrogen-bond donors (Lipinski definition) is 3. The molecule has 12 heavy (non-hydrogen) atoms. The fourth-order valence-corrected chi connectivity index (χ4v) is 1.15. The molecule has 0 saturated carbocycles. The van der Waals surface area contributed by atoms with Crippen molar-refractivity contribution in [2.45, 2.75) is 18.4 Å². The maximum Gasteiger partial charge on any atom is 0.404 e. The molecule has 0 aliphatic carbocycles. The zero-order valence-electron chi connectivity index (χ0n) is 6.31. The van der Waals surface area contributed by atoms with E-state index in [1.165, 1.54) is 0 Å². The van der Waals surface area contributed by atoms with Crippen molar-refractivity contribution in [2.24, 2.45) is 0 Å². The first kappa shape index (κ1) is 9.18. The van der Waals surface area contributed by atoms with Gasteiger partial charge in [-0.2, -0.15) is 0 Å². The van der Waals surface area contributed by atoms with E-state index in [0.717, 1.165) is 0 Å². The van der Waals surface area contributed by atoms with Crippen molar-refractivity contribution < 1.29 is 18.7 Å². The molecule has 3 N–H and O–H groups in total. The number of hydrogen-bond acceptors (Lipinski definition) is 2. The summed E-state index contributed by atoms with van der Waals surface area (Å²) in [5.41, 5.74) is 0. The zero-order chi connectivity index (χ0) is 9.19. The highest BCUT2D eigenvalue weighted by Crippen LogP contribution is 2.24. The summed E-state index contributed by atoms with van der Waals surface area (Å²) in [6, 6.07) is -0.448. The van der Waals surface area contributed by atoms with E-state index >= 15 is 0 Å². The third kappa shape index (κ3) is 2.61. The van der Waals surface area contributed by atoms with Crippen molar-refractivity contribution in [1.82, 2.24) is 10.6 Å². The Morgan fingerprint density at radius 3 is 2.83 bits per heavy atom. The van der Waals surface area contributed by atoms with Gasteiger partial charge < -0.3 is 15.7 Å². The molecule has 1 rings (SSSR count). The Labute approximate surface area is 67.9 Å². The fraction of sp³-hybridized carbons (Fsp3) is 0.833. The number of carbonyl (C=O) groups is 1. The van der Waals surface area contributed by atoms with Crippen molar-refractivity contribution in [1.29, 1.82) is 0 Å². The minimum Gasteiger partial charge on any atom is -0.465 e. The van der Waals surface area contributed by atoms with Crippen LogP contribution >= 0.6 is 0 Å². The lowest BCUT2D eigenvalue weighted by Gasteiger charge is -2.08. The number of rotatable bonds is 2. The summed E-state index contributed by atoms with van der Waals surface area (Å²) in [6.45, 7) is -0.329. The zero-order valence-corrected chi connectivity index (χ0v) is 6.31. The Hall–Kier alpha value is -0.910. The molecule has 4 nitrogen and oxygen atoms in total. The Kier molecular flexibility index (Phi) is 2.46. The van der Waals surface area contributed by atoms with Crippen LogP contribution in [-0.4, -0.2) is 36.3 Å². The summed E-state index contributed by atoms with van der Waals surface area (Å²) < 4.78 is 25.0. The van der Waals surface area contributed by atoms with Gasteiger partial charge in [0.1, 0.15) is 0 Å². The van der Waals surface area contributed by atoms with Crippen LogP contribution in [0.3, 0.4) is 0 Å². The summed E-state index contributed by atoms with van der Waals surface area (Å²) in [6.07, 6.45) is -1.49. The summed E-state index contributed by atoms with van der Waals surface area (Å²) in [5.74, 6) is -2.69. The maximum atomic E-state index is 12.5. The molecule has 1 aliphatic rings. The van der Waals surface area contributed by atoms with Crippen LogP contribution in [0.25, 0.3) is 0 Å². The lowest BCUT2D eigenvalue weighted by molar-refractivity contribution is 0.0211. The minimum atomic E-state index is -2.69. The van der Waals surface area contributed by atoms with Gasteiger partial charge in [-0.05, 0) is 0 Å². The normalized spacial score (nSPS) is 27.0. The first-order valence-corrected chi connectivity index (χ1v) is 3.58. The van der Waals surface area contributed by atoms with Crippen LogP contribution in [0.15, 0.2) is 0 Å². The molecule has 0 bridgehead atoms. The van der Waals surface area contributed by atoms with Gasteiger partial charge in [0.2, 0.25) is 0 Å². The number of carboxylic acid groups (broad SMARTS) is 1. The van der Waals surface area contributed by atoms with Gasteiger partial charge in [0.15, 0.2) is 0 Å². The quantitative estimate of drug-likeness (QED) is 0.571. The highest BCUT2D eigenvalue weighted by Gasteiger charge is 2.38. The molecule has 0 radical (unpaired) electrons. The van der Waals surface area contributed by atoms with Crippen molar-refractivity contribution >= 4 is 6.09 Å². The average molecular weight is 180 g/mol. The van der Waals surface area contributed by atoms with Crippen molar-refractivity contribution in [3.63, 3.8) is 0 Å². The molecule has 0 aromatic heterocycles. The lowest BCUT2D eigenvalue weighted by atomic mass is 10.2. The molecule has 6 heteroatoms. The molecule has 0 aromatic carbocycles.